The van der Waals surface area contributed by atoms with Crippen LogP contribution in [0, 0.1) is 6.92 Å². The third kappa shape index (κ3) is 9.64. The van der Waals surface area contributed by atoms with E-state index in [1.54, 1.807) is 11.8 Å². The standard InChI is InChI=1S/C24H32N2OS.C2H6/c1-18(2)27-23-12-10-20(11-13-23)14-22(16-25-4)24(26-17-28-5)15-21-8-6-19(3)7-9-21;1-2/h6-13,16,18,24,26H,4,14-15,17H2,1-3,5H3;1-2H3/b22-16-;. The van der Waals surface area contributed by atoms with Gasteiger partial charge in [0.1, 0.15) is 5.75 Å². The molecule has 0 heterocycles. The lowest BCUT2D eigenvalue weighted by molar-refractivity contribution is 0.242. The summed E-state index contributed by atoms with van der Waals surface area (Å²) >= 11 is 1.79. The summed E-state index contributed by atoms with van der Waals surface area (Å²) < 4.78 is 5.75. The normalized spacial score (nSPS) is 12.2. The lowest BCUT2D eigenvalue weighted by Crippen LogP contribution is -2.33. The molecule has 4 heteroatoms. The fourth-order valence-corrected chi connectivity index (χ4v) is 3.42. The van der Waals surface area contributed by atoms with Gasteiger partial charge in [-0.3, -0.25) is 4.99 Å². The Balaban J connectivity index is 0.00000218. The summed E-state index contributed by atoms with van der Waals surface area (Å²) in [6, 6.07) is 17.3. The van der Waals surface area contributed by atoms with Gasteiger partial charge in [-0.2, -0.15) is 0 Å². The van der Waals surface area contributed by atoms with Gasteiger partial charge < -0.3 is 10.1 Å². The monoisotopic (exact) mass is 426 g/mol. The molecule has 2 aromatic carbocycles. The van der Waals surface area contributed by atoms with Crippen molar-refractivity contribution >= 4 is 18.5 Å². The molecule has 0 radical (unpaired) electrons. The Bertz CT molecular complexity index is 752. The number of aryl methyl sites for hydroxylation is 1. The Morgan fingerprint density at radius 1 is 1.07 bits per heavy atom. The number of aliphatic imine (C=N–C) groups is 1. The van der Waals surface area contributed by atoms with Gasteiger partial charge in [-0.1, -0.05) is 55.8 Å². The summed E-state index contributed by atoms with van der Waals surface area (Å²) in [5.41, 5.74) is 5.08. The van der Waals surface area contributed by atoms with Crippen LogP contribution in [0.3, 0.4) is 0 Å². The first kappa shape index (κ1) is 26.0. The molecule has 0 fully saturated rings. The van der Waals surface area contributed by atoms with Crippen LogP contribution < -0.4 is 10.1 Å². The molecule has 2 aromatic rings. The minimum atomic E-state index is 0.181. The Hall–Kier alpha value is -2.04. The van der Waals surface area contributed by atoms with Gasteiger partial charge in [-0.25, -0.2) is 0 Å². The molecule has 0 saturated heterocycles. The van der Waals surface area contributed by atoms with E-state index in [9.17, 15) is 0 Å². The van der Waals surface area contributed by atoms with Gasteiger partial charge in [0, 0.05) is 18.1 Å². The van der Waals surface area contributed by atoms with E-state index >= 15 is 0 Å². The fraction of sp³-hybridized carbons (Fsp3) is 0.423. The molecule has 0 aliphatic heterocycles. The summed E-state index contributed by atoms with van der Waals surface area (Å²) in [5, 5.41) is 3.66. The van der Waals surface area contributed by atoms with Crippen LogP contribution in [-0.2, 0) is 12.8 Å². The van der Waals surface area contributed by atoms with Gasteiger partial charge in [0.05, 0.1) is 6.10 Å². The third-order valence-electron chi connectivity index (χ3n) is 4.44. The van der Waals surface area contributed by atoms with Crippen LogP contribution in [0.15, 0.2) is 65.3 Å². The van der Waals surface area contributed by atoms with Gasteiger partial charge >= 0.3 is 0 Å². The highest BCUT2D eigenvalue weighted by atomic mass is 32.2. The summed E-state index contributed by atoms with van der Waals surface area (Å²) in [7, 11) is 0. The van der Waals surface area contributed by atoms with E-state index in [1.165, 1.54) is 22.3 Å². The van der Waals surface area contributed by atoms with Crippen molar-refractivity contribution < 1.29 is 4.74 Å². The second-order valence-electron chi connectivity index (χ2n) is 7.25. The summed E-state index contributed by atoms with van der Waals surface area (Å²) in [6.45, 7) is 13.9. The first-order valence-corrected chi connectivity index (χ1v) is 12.1. The highest BCUT2D eigenvalue weighted by Crippen LogP contribution is 2.20. The molecule has 0 bridgehead atoms. The molecule has 0 amide bonds. The van der Waals surface area contributed by atoms with E-state index < -0.39 is 0 Å². The number of hydrogen-bond donors (Lipinski definition) is 1. The molecule has 1 unspecified atom stereocenters. The number of rotatable bonds is 11. The van der Waals surface area contributed by atoms with Gasteiger partial charge in [-0.05, 0) is 75.4 Å². The van der Waals surface area contributed by atoms with Crippen LogP contribution in [0.1, 0.15) is 44.4 Å². The first-order chi connectivity index (χ1) is 14.5. The quantitative estimate of drug-likeness (QED) is 0.331. The molecule has 0 saturated carbocycles. The molecule has 0 aromatic heterocycles. The van der Waals surface area contributed by atoms with Gasteiger partial charge in [-0.15, -0.1) is 11.8 Å². The average Bonchev–Trinajstić information content (AvgIpc) is 2.74. The van der Waals surface area contributed by atoms with Crippen molar-refractivity contribution in [1.82, 2.24) is 5.32 Å². The van der Waals surface area contributed by atoms with E-state index in [-0.39, 0.29) is 12.1 Å². The molecule has 2 rings (SSSR count). The van der Waals surface area contributed by atoms with Crippen molar-refractivity contribution in [2.24, 2.45) is 4.99 Å². The van der Waals surface area contributed by atoms with Crippen LogP contribution in [0.4, 0.5) is 0 Å². The predicted molar refractivity (Wildman–Crippen MR) is 135 cm³/mol. The Kier molecular flexibility index (Phi) is 12.9. The zero-order valence-corrected chi connectivity index (χ0v) is 20.3. The Morgan fingerprint density at radius 2 is 1.67 bits per heavy atom. The molecule has 0 aliphatic carbocycles. The number of benzene rings is 2. The number of ether oxygens (including phenoxy) is 1. The maximum Gasteiger partial charge on any atom is 0.119 e. The van der Waals surface area contributed by atoms with Gasteiger partial charge in [0.15, 0.2) is 0 Å². The summed E-state index contributed by atoms with van der Waals surface area (Å²) in [6.07, 6.45) is 5.96. The maximum absolute atomic E-state index is 5.75. The lowest BCUT2D eigenvalue weighted by Gasteiger charge is -2.22. The highest BCUT2D eigenvalue weighted by Gasteiger charge is 2.15. The van der Waals surface area contributed by atoms with Crippen LogP contribution in [0.5, 0.6) is 5.75 Å². The molecule has 30 heavy (non-hydrogen) atoms. The molecule has 3 nitrogen and oxygen atoms in total. The van der Waals surface area contributed by atoms with E-state index in [2.05, 4.69) is 66.6 Å². The zero-order chi connectivity index (χ0) is 22.4. The zero-order valence-electron chi connectivity index (χ0n) is 19.4. The topological polar surface area (TPSA) is 33.6 Å². The Labute approximate surface area is 188 Å². The average molecular weight is 427 g/mol. The van der Waals surface area contributed by atoms with Crippen LogP contribution in [-0.4, -0.2) is 31.0 Å². The van der Waals surface area contributed by atoms with Crippen molar-refractivity contribution in [3.05, 3.63) is 77.0 Å². The lowest BCUT2D eigenvalue weighted by atomic mass is 9.94. The molecule has 1 atom stereocenters. The van der Waals surface area contributed by atoms with Gasteiger partial charge in [0.2, 0.25) is 0 Å². The number of thioether (sulfide) groups is 1. The summed E-state index contributed by atoms with van der Waals surface area (Å²) in [5.74, 6) is 1.80. The smallest absolute Gasteiger partial charge is 0.119 e. The molecular formula is C26H38N2OS. The SMILES string of the molecule is C=N/C=C(/Cc1ccc(OC(C)C)cc1)C(Cc1ccc(C)cc1)NCSC.CC. The number of nitrogens with zero attached hydrogens (tertiary/aromatic N) is 1. The predicted octanol–water partition coefficient (Wildman–Crippen LogP) is 6.46. The minimum absolute atomic E-state index is 0.181. The molecule has 0 aliphatic rings. The first-order valence-electron chi connectivity index (χ1n) is 10.7. The van der Waals surface area contributed by atoms with E-state index in [0.717, 1.165) is 24.5 Å². The number of hydrogen-bond acceptors (Lipinski definition) is 4. The molecule has 0 spiro atoms. The van der Waals surface area contributed by atoms with Crippen molar-refractivity contribution in [3.63, 3.8) is 0 Å². The molecule has 1 N–H and O–H groups in total. The van der Waals surface area contributed by atoms with Crippen molar-refractivity contribution in [3.8, 4) is 5.75 Å². The second-order valence-corrected chi connectivity index (χ2v) is 8.12. The second kappa shape index (κ2) is 14.9. The molecular weight excluding hydrogens is 388 g/mol. The fourth-order valence-electron chi connectivity index (χ4n) is 3.05. The number of nitrogens with one attached hydrogen (secondary N) is 1. The summed E-state index contributed by atoms with van der Waals surface area (Å²) in [4.78, 5) is 4.09. The van der Waals surface area contributed by atoms with E-state index in [0.29, 0.717) is 0 Å². The maximum atomic E-state index is 5.75. The van der Waals surface area contributed by atoms with Crippen LogP contribution in [0.25, 0.3) is 0 Å². The van der Waals surface area contributed by atoms with Gasteiger partial charge in [0.25, 0.3) is 0 Å². The minimum Gasteiger partial charge on any atom is -0.491 e. The van der Waals surface area contributed by atoms with E-state index in [4.69, 9.17) is 4.74 Å². The van der Waals surface area contributed by atoms with Crippen molar-refractivity contribution in [2.75, 3.05) is 12.1 Å². The Morgan fingerprint density at radius 3 is 2.20 bits per heavy atom. The van der Waals surface area contributed by atoms with Crippen molar-refractivity contribution in [2.45, 2.75) is 59.6 Å². The molecule has 164 valence electrons. The van der Waals surface area contributed by atoms with Crippen LogP contribution in [0.2, 0.25) is 0 Å². The van der Waals surface area contributed by atoms with E-state index in [1.807, 2.05) is 46.0 Å². The largest absolute Gasteiger partial charge is 0.491 e. The van der Waals surface area contributed by atoms with Crippen LogP contribution >= 0.6 is 11.8 Å². The van der Waals surface area contributed by atoms with Crippen molar-refractivity contribution in [1.29, 1.82) is 0 Å². The highest BCUT2D eigenvalue weighted by molar-refractivity contribution is 7.98. The third-order valence-corrected chi connectivity index (χ3v) is 4.90.